The van der Waals surface area contributed by atoms with Gasteiger partial charge in [0.15, 0.2) is 0 Å². The molecule has 0 bridgehead atoms. The second-order valence-corrected chi connectivity index (χ2v) is 8.25. The van der Waals surface area contributed by atoms with Crippen molar-refractivity contribution in [3.63, 3.8) is 0 Å². The van der Waals surface area contributed by atoms with E-state index in [9.17, 15) is 20.3 Å². The van der Waals surface area contributed by atoms with Crippen LogP contribution in [0.3, 0.4) is 0 Å². The highest BCUT2D eigenvalue weighted by atomic mass is 35.5. The maximum Gasteiger partial charge on any atom is 0.311 e. The number of nitriles is 1. The molecule has 0 spiro atoms. The molecule has 3 rings (SSSR count). The van der Waals surface area contributed by atoms with Gasteiger partial charge in [0.1, 0.15) is 27.8 Å². The predicted octanol–water partition coefficient (Wildman–Crippen LogP) is 4.86. The lowest BCUT2D eigenvalue weighted by Gasteiger charge is -2.14. The smallest absolute Gasteiger partial charge is 0.311 e. The molecule has 30 heavy (non-hydrogen) atoms. The summed E-state index contributed by atoms with van der Waals surface area (Å²) in [5.74, 6) is -0.578. The third-order valence-corrected chi connectivity index (χ3v) is 5.46. The zero-order valence-electron chi connectivity index (χ0n) is 16.0. The zero-order chi connectivity index (χ0) is 21.9. The molecule has 0 aromatic heterocycles. The highest BCUT2D eigenvalue weighted by Gasteiger charge is 2.64. The number of phenols is 1. The molecule has 1 fully saturated rings. The van der Waals surface area contributed by atoms with Crippen LogP contribution in [0, 0.1) is 28.6 Å². The summed E-state index contributed by atoms with van der Waals surface area (Å²) >= 11 is 11.4. The summed E-state index contributed by atoms with van der Waals surface area (Å²) in [4.78, 5) is 12.7. The van der Waals surface area contributed by atoms with E-state index in [-0.39, 0.29) is 22.8 Å². The second kappa shape index (κ2) is 8.97. The maximum absolute atomic E-state index is 12.7. The van der Waals surface area contributed by atoms with E-state index in [1.807, 2.05) is 6.07 Å². The quantitative estimate of drug-likeness (QED) is 0.587. The van der Waals surface area contributed by atoms with Crippen LogP contribution in [0.15, 0.2) is 59.1 Å². The van der Waals surface area contributed by atoms with Gasteiger partial charge in [0.2, 0.25) is 6.10 Å². The molecule has 0 unspecified atom stereocenters. The van der Waals surface area contributed by atoms with Crippen LogP contribution in [0.25, 0.3) is 0 Å². The Morgan fingerprint density at radius 2 is 1.97 bits per heavy atom. The van der Waals surface area contributed by atoms with E-state index in [0.29, 0.717) is 17.1 Å². The molecule has 0 aliphatic heterocycles. The number of rotatable bonds is 7. The van der Waals surface area contributed by atoms with Crippen molar-refractivity contribution in [1.82, 2.24) is 0 Å². The fraction of sp³-hybridized carbons (Fsp3) is 0.273. The molecule has 2 aromatic rings. The predicted molar refractivity (Wildman–Crippen MR) is 111 cm³/mol. The molecule has 0 radical (unpaired) electrons. The Bertz CT molecular complexity index is 997. The molecule has 2 aromatic carbocycles. The van der Waals surface area contributed by atoms with Crippen molar-refractivity contribution in [1.29, 1.82) is 5.26 Å². The fourth-order valence-electron chi connectivity index (χ4n) is 3.39. The first-order chi connectivity index (χ1) is 14.3. The first kappa shape index (κ1) is 22.0. The molecule has 0 amide bonds. The molecule has 2 N–H and O–H groups in total. The summed E-state index contributed by atoms with van der Waals surface area (Å²) in [6.45, 7) is 1.48. The number of ether oxygens (including phenoxy) is 2. The lowest BCUT2D eigenvalue weighted by Crippen LogP contribution is -2.17. The van der Waals surface area contributed by atoms with E-state index in [2.05, 4.69) is 0 Å². The lowest BCUT2D eigenvalue weighted by atomic mass is 10.1. The van der Waals surface area contributed by atoms with E-state index < -0.39 is 23.4 Å². The molecule has 4 atom stereocenters. The summed E-state index contributed by atoms with van der Waals surface area (Å²) in [5.41, 5.74) is -0.299. The third-order valence-electron chi connectivity index (χ3n) is 5.21. The summed E-state index contributed by atoms with van der Waals surface area (Å²) in [6, 6.07) is 14.8. The van der Waals surface area contributed by atoms with Crippen LogP contribution < -0.4 is 4.74 Å². The zero-order valence-corrected chi connectivity index (χ0v) is 17.5. The van der Waals surface area contributed by atoms with Gasteiger partial charge in [0, 0.05) is 23.5 Å². The fourth-order valence-corrected chi connectivity index (χ4v) is 3.66. The SMILES string of the molecule is C[C@]1(CO)[C@H](C(=O)O[C@@H](C#N)c2cccc(Oc3ccc(O)cc3)c2)[C@@H]1C=C(Cl)Cl. The molecule has 1 saturated carbocycles. The minimum Gasteiger partial charge on any atom is -0.508 e. The molecular formula is C22H19Cl2NO5. The van der Waals surface area contributed by atoms with Gasteiger partial charge in [-0.1, -0.05) is 42.3 Å². The number of benzene rings is 2. The Morgan fingerprint density at radius 1 is 1.27 bits per heavy atom. The highest BCUT2D eigenvalue weighted by Crippen LogP contribution is 2.60. The van der Waals surface area contributed by atoms with Gasteiger partial charge < -0.3 is 19.7 Å². The van der Waals surface area contributed by atoms with Crippen LogP contribution in [0.4, 0.5) is 0 Å². The van der Waals surface area contributed by atoms with E-state index in [0.717, 1.165) is 0 Å². The number of aromatic hydroxyl groups is 1. The van der Waals surface area contributed by atoms with Crippen molar-refractivity contribution < 1.29 is 24.5 Å². The van der Waals surface area contributed by atoms with E-state index in [4.69, 9.17) is 32.7 Å². The van der Waals surface area contributed by atoms with E-state index in [1.54, 1.807) is 43.3 Å². The van der Waals surface area contributed by atoms with Crippen LogP contribution in [-0.2, 0) is 9.53 Å². The average molecular weight is 448 g/mol. The molecule has 1 aliphatic rings. The average Bonchev–Trinajstić information content (AvgIpc) is 3.31. The minimum atomic E-state index is -1.15. The Kier molecular flexibility index (Phi) is 6.57. The van der Waals surface area contributed by atoms with Crippen molar-refractivity contribution in [3.8, 4) is 23.3 Å². The summed E-state index contributed by atoms with van der Waals surface area (Å²) in [7, 11) is 0. The summed E-state index contributed by atoms with van der Waals surface area (Å²) < 4.78 is 11.1. The highest BCUT2D eigenvalue weighted by molar-refractivity contribution is 6.55. The van der Waals surface area contributed by atoms with Crippen LogP contribution in [0.2, 0.25) is 0 Å². The third kappa shape index (κ3) is 4.71. The number of phenolic OH excluding ortho intramolecular Hbond substituents is 1. The van der Waals surface area contributed by atoms with Gasteiger partial charge in [-0.05, 0) is 42.5 Å². The normalized spacial score (nSPS) is 23.0. The molecule has 156 valence electrons. The number of allylic oxidation sites excluding steroid dienone is 1. The monoisotopic (exact) mass is 447 g/mol. The van der Waals surface area contributed by atoms with Gasteiger partial charge in [-0.2, -0.15) is 5.26 Å². The van der Waals surface area contributed by atoms with Crippen LogP contribution >= 0.6 is 23.2 Å². The van der Waals surface area contributed by atoms with E-state index in [1.165, 1.54) is 18.2 Å². The number of halogens is 2. The molecular weight excluding hydrogens is 429 g/mol. The van der Waals surface area contributed by atoms with Gasteiger partial charge in [-0.3, -0.25) is 4.79 Å². The lowest BCUT2D eigenvalue weighted by molar-refractivity contribution is -0.149. The number of aliphatic hydroxyl groups excluding tert-OH is 1. The number of nitrogens with zero attached hydrogens (tertiary/aromatic N) is 1. The molecule has 8 heteroatoms. The van der Waals surface area contributed by atoms with Crippen molar-refractivity contribution >= 4 is 29.2 Å². The number of aliphatic hydroxyl groups is 1. The van der Waals surface area contributed by atoms with Gasteiger partial charge in [0.25, 0.3) is 0 Å². The topological polar surface area (TPSA) is 99.8 Å². The van der Waals surface area contributed by atoms with Crippen molar-refractivity contribution in [2.45, 2.75) is 13.0 Å². The van der Waals surface area contributed by atoms with Gasteiger partial charge in [0.05, 0.1) is 5.92 Å². The minimum absolute atomic E-state index is 0.00545. The molecule has 0 heterocycles. The Labute approximate surface area is 183 Å². The van der Waals surface area contributed by atoms with Crippen molar-refractivity contribution in [3.05, 3.63) is 64.7 Å². The second-order valence-electron chi connectivity index (χ2n) is 7.24. The standard InChI is InChI=1S/C22H19Cl2NO5/c1-22(12-26)17(10-19(23)24)20(22)21(28)30-18(11-25)13-3-2-4-16(9-13)29-15-7-5-14(27)6-8-15/h2-10,17-18,20,26-27H,12H2,1H3/t17-,18-,20-,22+/m0/s1. The largest absolute Gasteiger partial charge is 0.508 e. The number of carbonyl (C=O) groups is 1. The number of hydrogen-bond donors (Lipinski definition) is 2. The first-order valence-corrected chi connectivity index (χ1v) is 9.84. The molecule has 0 saturated heterocycles. The number of esters is 1. The van der Waals surface area contributed by atoms with Gasteiger partial charge in [-0.15, -0.1) is 0 Å². The Morgan fingerprint density at radius 3 is 2.57 bits per heavy atom. The Balaban J connectivity index is 1.73. The van der Waals surface area contributed by atoms with Gasteiger partial charge in [-0.25, -0.2) is 0 Å². The maximum atomic E-state index is 12.7. The van der Waals surface area contributed by atoms with E-state index >= 15 is 0 Å². The van der Waals surface area contributed by atoms with Crippen molar-refractivity contribution in [2.75, 3.05) is 6.61 Å². The van der Waals surface area contributed by atoms with Crippen LogP contribution in [0.5, 0.6) is 17.2 Å². The molecule has 1 aliphatic carbocycles. The van der Waals surface area contributed by atoms with Crippen molar-refractivity contribution in [2.24, 2.45) is 17.3 Å². The van der Waals surface area contributed by atoms with Gasteiger partial charge >= 0.3 is 5.97 Å². The van der Waals surface area contributed by atoms with Crippen LogP contribution in [-0.4, -0.2) is 22.8 Å². The first-order valence-electron chi connectivity index (χ1n) is 9.09. The summed E-state index contributed by atoms with van der Waals surface area (Å²) in [5, 5.41) is 28.5. The number of carbonyl (C=O) groups excluding carboxylic acids is 1. The number of hydrogen-bond acceptors (Lipinski definition) is 6. The molecule has 6 nitrogen and oxygen atoms in total. The Hall–Kier alpha value is -2.72. The van der Waals surface area contributed by atoms with Crippen LogP contribution in [0.1, 0.15) is 18.6 Å². The summed E-state index contributed by atoms with van der Waals surface area (Å²) in [6.07, 6.45) is 0.346.